The SMILES string of the molecule is CC.CC(C)CCc1c[nH]c2ccc(O)cc12. The Hall–Kier alpha value is -1.44. The maximum absolute atomic E-state index is 9.44. The van der Waals surface area contributed by atoms with Crippen molar-refractivity contribution in [1.29, 1.82) is 0 Å². The van der Waals surface area contributed by atoms with E-state index in [9.17, 15) is 5.11 Å². The van der Waals surface area contributed by atoms with Crippen LogP contribution in [-0.4, -0.2) is 10.1 Å². The predicted octanol–water partition coefficient (Wildman–Crippen LogP) is 4.49. The maximum Gasteiger partial charge on any atom is 0.116 e. The summed E-state index contributed by atoms with van der Waals surface area (Å²) in [7, 11) is 0. The number of aryl methyl sites for hydroxylation is 1. The minimum atomic E-state index is 0.341. The molecule has 0 saturated carbocycles. The molecule has 2 heteroatoms. The fourth-order valence-electron chi connectivity index (χ4n) is 1.82. The number of fused-ring (bicyclic) bond motifs is 1. The molecule has 2 aromatic rings. The summed E-state index contributed by atoms with van der Waals surface area (Å²) >= 11 is 0. The number of aromatic nitrogens is 1. The Kier molecular flexibility index (Phi) is 5.08. The molecule has 0 aliphatic carbocycles. The number of aromatic hydroxyl groups is 1. The third-order valence-corrected chi connectivity index (χ3v) is 2.74. The van der Waals surface area contributed by atoms with Crippen molar-refractivity contribution >= 4 is 10.9 Å². The normalized spacial score (nSPS) is 10.4. The molecule has 0 atom stereocenters. The summed E-state index contributed by atoms with van der Waals surface area (Å²) in [6.07, 6.45) is 4.30. The van der Waals surface area contributed by atoms with Gasteiger partial charge in [-0.1, -0.05) is 27.7 Å². The molecule has 0 saturated heterocycles. The molecule has 0 unspecified atom stereocenters. The second kappa shape index (κ2) is 6.33. The molecule has 0 radical (unpaired) electrons. The third kappa shape index (κ3) is 3.52. The lowest BCUT2D eigenvalue weighted by Gasteiger charge is -2.03. The van der Waals surface area contributed by atoms with Crippen molar-refractivity contribution in [2.75, 3.05) is 0 Å². The van der Waals surface area contributed by atoms with Gasteiger partial charge in [-0.2, -0.15) is 0 Å². The summed E-state index contributed by atoms with van der Waals surface area (Å²) < 4.78 is 0. The second-order valence-electron chi connectivity index (χ2n) is 4.48. The van der Waals surface area contributed by atoms with E-state index in [2.05, 4.69) is 18.8 Å². The summed E-state index contributed by atoms with van der Waals surface area (Å²) in [4.78, 5) is 3.23. The van der Waals surface area contributed by atoms with Gasteiger partial charge in [0, 0.05) is 17.1 Å². The molecule has 0 aliphatic rings. The Bertz CT molecular complexity index is 457. The van der Waals surface area contributed by atoms with Gasteiger partial charge in [0.25, 0.3) is 0 Å². The molecule has 2 N–H and O–H groups in total. The number of hydrogen-bond donors (Lipinski definition) is 2. The monoisotopic (exact) mass is 233 g/mol. The topological polar surface area (TPSA) is 36.0 Å². The minimum Gasteiger partial charge on any atom is -0.508 e. The molecule has 2 nitrogen and oxygen atoms in total. The van der Waals surface area contributed by atoms with Crippen LogP contribution in [0.15, 0.2) is 24.4 Å². The number of rotatable bonds is 3. The van der Waals surface area contributed by atoms with Crippen LogP contribution in [0.4, 0.5) is 0 Å². The van der Waals surface area contributed by atoms with Crippen molar-refractivity contribution in [3.05, 3.63) is 30.0 Å². The fraction of sp³-hybridized carbons (Fsp3) is 0.467. The molecular weight excluding hydrogens is 210 g/mol. The third-order valence-electron chi connectivity index (χ3n) is 2.74. The van der Waals surface area contributed by atoms with E-state index in [4.69, 9.17) is 0 Å². The van der Waals surface area contributed by atoms with E-state index >= 15 is 0 Å². The van der Waals surface area contributed by atoms with Crippen LogP contribution in [0, 0.1) is 5.92 Å². The van der Waals surface area contributed by atoms with Gasteiger partial charge in [-0.15, -0.1) is 0 Å². The van der Waals surface area contributed by atoms with Crippen LogP contribution in [0.1, 0.15) is 39.7 Å². The van der Waals surface area contributed by atoms with Gasteiger partial charge in [0.1, 0.15) is 5.75 Å². The van der Waals surface area contributed by atoms with Crippen LogP contribution in [0.25, 0.3) is 10.9 Å². The summed E-state index contributed by atoms with van der Waals surface area (Å²) in [5.41, 5.74) is 2.40. The van der Waals surface area contributed by atoms with Crippen molar-refractivity contribution < 1.29 is 5.11 Å². The number of phenols is 1. The molecule has 0 fully saturated rings. The molecule has 1 heterocycles. The highest BCUT2D eigenvalue weighted by molar-refractivity contribution is 5.84. The summed E-state index contributed by atoms with van der Waals surface area (Å²) in [6.45, 7) is 8.46. The Labute approximate surface area is 104 Å². The van der Waals surface area contributed by atoms with Gasteiger partial charge >= 0.3 is 0 Å². The van der Waals surface area contributed by atoms with Crippen LogP contribution < -0.4 is 0 Å². The van der Waals surface area contributed by atoms with Crippen LogP contribution in [0.5, 0.6) is 5.75 Å². The molecule has 2 rings (SSSR count). The molecule has 94 valence electrons. The van der Waals surface area contributed by atoms with Gasteiger partial charge in [0.2, 0.25) is 0 Å². The fourth-order valence-corrected chi connectivity index (χ4v) is 1.82. The first-order chi connectivity index (χ1) is 8.16. The highest BCUT2D eigenvalue weighted by Crippen LogP contribution is 2.24. The highest BCUT2D eigenvalue weighted by atomic mass is 16.3. The average Bonchev–Trinajstić information content (AvgIpc) is 2.71. The molecule has 0 amide bonds. The highest BCUT2D eigenvalue weighted by Gasteiger charge is 2.05. The quantitative estimate of drug-likeness (QED) is 0.805. The molecule has 1 aromatic carbocycles. The van der Waals surface area contributed by atoms with E-state index in [0.717, 1.165) is 17.3 Å². The smallest absolute Gasteiger partial charge is 0.116 e. The summed E-state index contributed by atoms with van der Waals surface area (Å²) in [6, 6.07) is 5.47. The van der Waals surface area contributed by atoms with E-state index in [-0.39, 0.29) is 0 Å². The number of hydrogen-bond acceptors (Lipinski definition) is 1. The van der Waals surface area contributed by atoms with Gasteiger partial charge in [-0.05, 0) is 42.5 Å². The molecular formula is C15H23NO. The van der Waals surface area contributed by atoms with Gasteiger partial charge < -0.3 is 10.1 Å². The first-order valence-corrected chi connectivity index (χ1v) is 6.46. The van der Waals surface area contributed by atoms with Gasteiger partial charge in [0.15, 0.2) is 0 Å². The van der Waals surface area contributed by atoms with Gasteiger partial charge in [-0.3, -0.25) is 0 Å². The first kappa shape index (κ1) is 13.6. The van der Waals surface area contributed by atoms with E-state index in [0.29, 0.717) is 11.7 Å². The van der Waals surface area contributed by atoms with Crippen LogP contribution >= 0.6 is 0 Å². The van der Waals surface area contributed by atoms with E-state index in [1.807, 2.05) is 32.2 Å². The van der Waals surface area contributed by atoms with Crippen LogP contribution in [0.3, 0.4) is 0 Å². The Balaban J connectivity index is 0.000000686. The predicted molar refractivity (Wildman–Crippen MR) is 74.5 cm³/mol. The number of aromatic amines is 1. The Morgan fingerprint density at radius 3 is 2.59 bits per heavy atom. The molecule has 1 aromatic heterocycles. The van der Waals surface area contributed by atoms with Crippen molar-refractivity contribution in [2.24, 2.45) is 5.92 Å². The molecule has 17 heavy (non-hydrogen) atoms. The Morgan fingerprint density at radius 1 is 1.24 bits per heavy atom. The van der Waals surface area contributed by atoms with E-state index < -0.39 is 0 Å². The summed E-state index contributed by atoms with van der Waals surface area (Å²) in [5.74, 6) is 1.06. The zero-order valence-electron chi connectivity index (χ0n) is 11.2. The number of benzene rings is 1. The second-order valence-corrected chi connectivity index (χ2v) is 4.48. The van der Waals surface area contributed by atoms with Gasteiger partial charge in [-0.25, -0.2) is 0 Å². The largest absolute Gasteiger partial charge is 0.508 e. The van der Waals surface area contributed by atoms with E-state index in [1.54, 1.807) is 6.07 Å². The number of nitrogens with one attached hydrogen (secondary N) is 1. The zero-order valence-corrected chi connectivity index (χ0v) is 11.2. The van der Waals surface area contributed by atoms with E-state index in [1.165, 1.54) is 12.0 Å². The van der Waals surface area contributed by atoms with Crippen molar-refractivity contribution in [2.45, 2.75) is 40.5 Å². The molecule has 0 bridgehead atoms. The lowest BCUT2D eigenvalue weighted by molar-refractivity contribution is 0.476. The minimum absolute atomic E-state index is 0.341. The number of H-pyrrole nitrogens is 1. The van der Waals surface area contributed by atoms with Crippen molar-refractivity contribution in [3.8, 4) is 5.75 Å². The summed E-state index contributed by atoms with van der Waals surface area (Å²) in [5, 5.41) is 10.6. The van der Waals surface area contributed by atoms with Crippen molar-refractivity contribution in [1.82, 2.24) is 4.98 Å². The average molecular weight is 233 g/mol. The zero-order chi connectivity index (χ0) is 12.8. The maximum atomic E-state index is 9.44. The standard InChI is InChI=1S/C13H17NO.C2H6/c1-9(2)3-4-10-8-14-13-6-5-11(15)7-12(10)13;1-2/h5-9,14-15H,3-4H2,1-2H3;1-2H3. The Morgan fingerprint density at radius 2 is 1.94 bits per heavy atom. The lowest BCUT2D eigenvalue weighted by Crippen LogP contribution is -1.90. The first-order valence-electron chi connectivity index (χ1n) is 6.46. The van der Waals surface area contributed by atoms with Crippen LogP contribution in [-0.2, 0) is 6.42 Å². The van der Waals surface area contributed by atoms with Crippen molar-refractivity contribution in [3.63, 3.8) is 0 Å². The molecule has 0 aliphatic heterocycles. The molecule has 0 spiro atoms. The lowest BCUT2D eigenvalue weighted by atomic mass is 10.0. The van der Waals surface area contributed by atoms with Gasteiger partial charge in [0.05, 0.1) is 0 Å². The number of phenolic OH excluding ortho intramolecular Hbond substituents is 1. The van der Waals surface area contributed by atoms with Crippen LogP contribution in [0.2, 0.25) is 0 Å².